The van der Waals surface area contributed by atoms with Crippen molar-refractivity contribution in [2.45, 2.75) is 6.92 Å². The summed E-state index contributed by atoms with van der Waals surface area (Å²) < 4.78 is 6.15. The Morgan fingerprint density at radius 2 is 1.68 bits per heavy atom. The molecule has 0 amide bonds. The molecule has 0 radical (unpaired) electrons. The maximum atomic E-state index is 6.15. The normalized spacial score (nSPS) is 12.2. The van der Waals surface area contributed by atoms with Gasteiger partial charge in [0, 0.05) is 16.3 Å². The van der Waals surface area contributed by atoms with Gasteiger partial charge in [0.1, 0.15) is 11.4 Å². The molecule has 0 saturated heterocycles. The van der Waals surface area contributed by atoms with E-state index < -0.39 is 0 Å². The third kappa shape index (κ3) is 1.47. The van der Waals surface area contributed by atoms with Crippen molar-refractivity contribution >= 4 is 21.7 Å². The predicted octanol–water partition coefficient (Wildman–Crippen LogP) is 5.47. The molecule has 0 bridgehead atoms. The maximum absolute atomic E-state index is 6.15. The van der Waals surface area contributed by atoms with Crippen LogP contribution in [0.25, 0.3) is 32.9 Å². The number of rotatable bonds is 0. The molecule has 0 saturated carbocycles. The molecule has 4 aromatic rings. The molecule has 0 unspecified atom stereocenters. The first-order valence-electron chi connectivity index (χ1n) is 7.41. The van der Waals surface area contributed by atoms with Crippen LogP contribution in [0.2, 0.25) is 0 Å². The number of pyridine rings is 1. The summed E-state index contributed by atoms with van der Waals surface area (Å²) in [7, 11) is 0. The Bertz CT molecular complexity index is 1060. The monoisotopic (exact) mass is 283 g/mol. The van der Waals surface area contributed by atoms with Gasteiger partial charge < -0.3 is 4.74 Å². The number of nitrogens with zero attached hydrogens (tertiary/aromatic N) is 1. The van der Waals surface area contributed by atoms with Crippen LogP contribution in [0.4, 0.5) is 0 Å². The van der Waals surface area contributed by atoms with Crippen molar-refractivity contribution in [3.63, 3.8) is 0 Å². The van der Waals surface area contributed by atoms with E-state index in [-0.39, 0.29) is 0 Å². The summed E-state index contributed by atoms with van der Waals surface area (Å²) in [5, 5.41) is 3.48. The molecule has 3 aromatic carbocycles. The molecular formula is C20H13NO. The van der Waals surface area contributed by atoms with Crippen molar-refractivity contribution in [1.29, 1.82) is 0 Å². The Morgan fingerprint density at radius 3 is 2.59 bits per heavy atom. The highest BCUT2D eigenvalue weighted by Gasteiger charge is 2.21. The van der Waals surface area contributed by atoms with Crippen molar-refractivity contribution in [3.05, 3.63) is 66.2 Å². The van der Waals surface area contributed by atoms with Gasteiger partial charge >= 0.3 is 0 Å². The molecular weight excluding hydrogens is 270 g/mol. The van der Waals surface area contributed by atoms with Crippen LogP contribution in [-0.4, -0.2) is 4.98 Å². The first-order chi connectivity index (χ1) is 10.8. The van der Waals surface area contributed by atoms with Crippen molar-refractivity contribution in [1.82, 2.24) is 4.98 Å². The lowest BCUT2D eigenvalue weighted by Crippen LogP contribution is -1.99. The summed E-state index contributed by atoms with van der Waals surface area (Å²) in [6, 6.07) is 20.8. The van der Waals surface area contributed by atoms with Crippen molar-refractivity contribution < 1.29 is 4.74 Å². The minimum Gasteiger partial charge on any atom is -0.454 e. The van der Waals surface area contributed by atoms with E-state index in [1.807, 2.05) is 12.1 Å². The fourth-order valence-electron chi connectivity index (χ4n) is 3.30. The lowest BCUT2D eigenvalue weighted by Gasteiger charge is -2.21. The number of fused-ring (bicyclic) bond motifs is 3. The first kappa shape index (κ1) is 11.8. The zero-order valence-electron chi connectivity index (χ0n) is 12.1. The van der Waals surface area contributed by atoms with E-state index >= 15 is 0 Å². The highest BCUT2D eigenvalue weighted by Crippen LogP contribution is 2.46. The SMILES string of the molecule is Cc1cccc2nc3c(cc12)Oc1cccc2cccc-3c12. The van der Waals surface area contributed by atoms with E-state index in [0.29, 0.717) is 0 Å². The zero-order chi connectivity index (χ0) is 14.7. The van der Waals surface area contributed by atoms with E-state index in [1.165, 1.54) is 10.9 Å². The number of benzene rings is 3. The van der Waals surface area contributed by atoms with Crippen LogP contribution in [0, 0.1) is 6.92 Å². The van der Waals surface area contributed by atoms with Crippen LogP contribution in [0.1, 0.15) is 5.56 Å². The van der Waals surface area contributed by atoms with Gasteiger partial charge in [-0.2, -0.15) is 0 Å². The molecule has 0 spiro atoms. The lowest BCUT2D eigenvalue weighted by molar-refractivity contribution is 0.485. The van der Waals surface area contributed by atoms with E-state index in [9.17, 15) is 0 Å². The fourth-order valence-corrected chi connectivity index (χ4v) is 3.30. The van der Waals surface area contributed by atoms with Gasteiger partial charge in [-0.15, -0.1) is 0 Å². The Balaban J connectivity index is 1.94. The standard InChI is InChI=1S/C20H13NO/c1-12-5-2-9-16-15(12)11-18-20(21-16)14-8-3-6-13-7-4-10-17(22-18)19(13)14/h2-11H,1H3. The lowest BCUT2D eigenvalue weighted by atomic mass is 9.97. The molecule has 1 aromatic heterocycles. The second-order valence-corrected chi connectivity index (χ2v) is 5.74. The van der Waals surface area contributed by atoms with E-state index in [0.717, 1.165) is 39.0 Å². The van der Waals surface area contributed by atoms with E-state index in [4.69, 9.17) is 9.72 Å². The summed E-state index contributed by atoms with van der Waals surface area (Å²) in [4.78, 5) is 4.88. The summed E-state index contributed by atoms with van der Waals surface area (Å²) in [6.07, 6.45) is 0. The Kier molecular flexibility index (Phi) is 2.18. The van der Waals surface area contributed by atoms with Crippen LogP contribution in [0.3, 0.4) is 0 Å². The molecule has 0 N–H and O–H groups in total. The minimum atomic E-state index is 0.841. The Labute approximate surface area is 128 Å². The highest BCUT2D eigenvalue weighted by molar-refractivity contribution is 6.04. The van der Waals surface area contributed by atoms with Gasteiger partial charge in [0.25, 0.3) is 0 Å². The second-order valence-electron chi connectivity index (χ2n) is 5.74. The molecule has 0 atom stereocenters. The van der Waals surface area contributed by atoms with Gasteiger partial charge in [0.2, 0.25) is 0 Å². The van der Waals surface area contributed by atoms with Crippen molar-refractivity contribution in [2.24, 2.45) is 0 Å². The predicted molar refractivity (Wildman–Crippen MR) is 89.5 cm³/mol. The van der Waals surface area contributed by atoms with Gasteiger partial charge in [0.15, 0.2) is 5.75 Å². The second kappa shape index (κ2) is 4.08. The Hall–Kier alpha value is -2.87. The molecule has 2 heteroatoms. The minimum absolute atomic E-state index is 0.841. The molecule has 2 nitrogen and oxygen atoms in total. The van der Waals surface area contributed by atoms with Gasteiger partial charge in [-0.1, -0.05) is 42.5 Å². The number of aryl methyl sites for hydroxylation is 1. The number of hydrogen-bond donors (Lipinski definition) is 0. The molecule has 1 aliphatic heterocycles. The molecule has 22 heavy (non-hydrogen) atoms. The summed E-state index contributed by atoms with van der Waals surface area (Å²) in [6.45, 7) is 2.11. The van der Waals surface area contributed by atoms with Crippen molar-refractivity contribution in [3.8, 4) is 22.8 Å². The molecule has 0 aliphatic carbocycles. The molecule has 104 valence electrons. The van der Waals surface area contributed by atoms with Crippen LogP contribution < -0.4 is 4.74 Å². The number of ether oxygens (including phenoxy) is 1. The van der Waals surface area contributed by atoms with Crippen LogP contribution in [0.15, 0.2) is 60.7 Å². The molecule has 2 heterocycles. The van der Waals surface area contributed by atoms with Crippen molar-refractivity contribution in [2.75, 3.05) is 0 Å². The van der Waals surface area contributed by atoms with Crippen LogP contribution in [0.5, 0.6) is 11.5 Å². The first-order valence-corrected chi connectivity index (χ1v) is 7.41. The quantitative estimate of drug-likeness (QED) is 0.376. The largest absolute Gasteiger partial charge is 0.454 e. The topological polar surface area (TPSA) is 22.1 Å². The van der Waals surface area contributed by atoms with Gasteiger partial charge in [-0.25, -0.2) is 4.98 Å². The van der Waals surface area contributed by atoms with Gasteiger partial charge in [-0.05, 0) is 36.1 Å². The number of hydrogen-bond acceptors (Lipinski definition) is 2. The van der Waals surface area contributed by atoms with E-state index in [1.54, 1.807) is 0 Å². The summed E-state index contributed by atoms with van der Waals surface area (Å²) in [5.74, 6) is 1.75. The van der Waals surface area contributed by atoms with Gasteiger partial charge in [-0.3, -0.25) is 0 Å². The molecule has 5 rings (SSSR count). The van der Waals surface area contributed by atoms with Crippen LogP contribution >= 0.6 is 0 Å². The summed E-state index contributed by atoms with van der Waals surface area (Å²) >= 11 is 0. The molecule has 0 fully saturated rings. The highest BCUT2D eigenvalue weighted by atomic mass is 16.5. The smallest absolute Gasteiger partial charge is 0.154 e. The van der Waals surface area contributed by atoms with Gasteiger partial charge in [0.05, 0.1) is 5.52 Å². The fraction of sp³-hybridized carbons (Fsp3) is 0.0500. The van der Waals surface area contributed by atoms with E-state index in [2.05, 4.69) is 55.5 Å². The van der Waals surface area contributed by atoms with Crippen LogP contribution in [-0.2, 0) is 0 Å². The summed E-state index contributed by atoms with van der Waals surface area (Å²) in [5.41, 5.74) is 4.31. The number of aromatic nitrogens is 1. The molecule has 1 aliphatic rings. The average Bonchev–Trinajstić information content (AvgIpc) is 2.55. The maximum Gasteiger partial charge on any atom is 0.154 e. The Morgan fingerprint density at radius 1 is 0.864 bits per heavy atom. The third-order valence-corrected chi connectivity index (χ3v) is 4.38. The zero-order valence-corrected chi connectivity index (χ0v) is 12.1. The third-order valence-electron chi connectivity index (χ3n) is 4.38. The average molecular weight is 283 g/mol.